The summed E-state index contributed by atoms with van der Waals surface area (Å²) in [6.45, 7) is -1.35. The maximum absolute atomic E-state index is 12.9. The number of carbonyl (C=O) groups excluding carboxylic acids is 1. The van der Waals surface area contributed by atoms with E-state index in [0.717, 1.165) is 4.90 Å². The quantitative estimate of drug-likeness (QED) is 0.728. The lowest BCUT2D eigenvalue weighted by molar-refractivity contribution is -0.187. The fourth-order valence-corrected chi connectivity index (χ4v) is 3.38. The highest BCUT2D eigenvalue weighted by molar-refractivity contribution is 5.78. The molecule has 2 rings (SSSR count). The number of hydrogen-bond donors (Lipinski definition) is 2. The monoisotopic (exact) mass is 376 g/mol. The van der Waals surface area contributed by atoms with Crippen LogP contribution in [0.3, 0.4) is 0 Å². The minimum absolute atomic E-state index is 0.0782. The van der Waals surface area contributed by atoms with E-state index in [4.69, 9.17) is 5.11 Å². The lowest BCUT2D eigenvalue weighted by Gasteiger charge is -2.31. The molecule has 2 fully saturated rings. The molecule has 2 aliphatic rings. The summed E-state index contributed by atoms with van der Waals surface area (Å²) in [5, 5.41) is 11.3. The van der Waals surface area contributed by atoms with Gasteiger partial charge in [-0.25, -0.2) is 4.79 Å². The van der Waals surface area contributed by atoms with Crippen LogP contribution < -0.4 is 5.32 Å². The van der Waals surface area contributed by atoms with Crippen LogP contribution in [0.1, 0.15) is 25.7 Å². The number of hydrogen-bond acceptors (Lipinski definition) is 2. The van der Waals surface area contributed by atoms with Crippen LogP contribution in [0.4, 0.5) is 31.1 Å². The van der Waals surface area contributed by atoms with E-state index < -0.39 is 61.2 Å². The van der Waals surface area contributed by atoms with Crippen molar-refractivity contribution in [1.29, 1.82) is 0 Å². The Morgan fingerprint density at radius 3 is 1.88 bits per heavy atom. The maximum atomic E-state index is 12.9. The fourth-order valence-electron chi connectivity index (χ4n) is 3.38. The normalized spacial score (nSPS) is 31.0. The van der Waals surface area contributed by atoms with Crippen molar-refractivity contribution >= 4 is 12.0 Å². The predicted octanol–water partition coefficient (Wildman–Crippen LogP) is 3.01. The summed E-state index contributed by atoms with van der Waals surface area (Å²) in [5.41, 5.74) is 0. The van der Waals surface area contributed by atoms with Crippen LogP contribution in [-0.4, -0.2) is 53.5 Å². The van der Waals surface area contributed by atoms with E-state index in [-0.39, 0.29) is 25.7 Å². The summed E-state index contributed by atoms with van der Waals surface area (Å²) in [7, 11) is 0. The smallest absolute Gasteiger partial charge is 0.394 e. The Morgan fingerprint density at radius 1 is 0.920 bits per heavy atom. The van der Waals surface area contributed by atoms with Crippen molar-refractivity contribution in [3.63, 3.8) is 0 Å². The predicted molar refractivity (Wildman–Crippen MR) is 72.6 cm³/mol. The molecular formula is C14H18F6N2O3. The minimum Gasteiger partial charge on any atom is -0.481 e. The van der Waals surface area contributed by atoms with Gasteiger partial charge in [0.2, 0.25) is 0 Å². The number of likely N-dealkylation sites (tertiary alicyclic amines) is 1. The van der Waals surface area contributed by atoms with Gasteiger partial charge >= 0.3 is 24.4 Å². The topological polar surface area (TPSA) is 69.6 Å². The van der Waals surface area contributed by atoms with E-state index in [9.17, 15) is 35.9 Å². The lowest BCUT2D eigenvalue weighted by Crippen LogP contribution is -2.46. The van der Waals surface area contributed by atoms with Crippen LogP contribution in [0.15, 0.2) is 0 Å². The van der Waals surface area contributed by atoms with Gasteiger partial charge in [-0.1, -0.05) is 0 Å². The van der Waals surface area contributed by atoms with Crippen LogP contribution >= 0.6 is 0 Å². The molecule has 0 aromatic carbocycles. The van der Waals surface area contributed by atoms with Crippen molar-refractivity contribution in [2.24, 2.45) is 17.8 Å². The van der Waals surface area contributed by atoms with Gasteiger partial charge in [0.1, 0.15) is 0 Å². The van der Waals surface area contributed by atoms with Crippen LogP contribution in [0.25, 0.3) is 0 Å². The minimum atomic E-state index is -4.75. The molecule has 1 aliphatic heterocycles. The number of carboxylic acids is 1. The van der Waals surface area contributed by atoms with Crippen LogP contribution in [0.2, 0.25) is 0 Å². The molecule has 0 aromatic rings. The lowest BCUT2D eigenvalue weighted by atomic mass is 9.85. The number of carbonyl (C=O) groups is 2. The molecule has 2 atom stereocenters. The maximum Gasteiger partial charge on any atom is 0.394 e. The van der Waals surface area contributed by atoms with E-state index in [1.807, 2.05) is 0 Å². The highest BCUT2D eigenvalue weighted by atomic mass is 19.4. The molecule has 0 aromatic heterocycles. The van der Waals surface area contributed by atoms with Crippen LogP contribution in [0, 0.1) is 17.8 Å². The van der Waals surface area contributed by atoms with Crippen molar-refractivity contribution in [1.82, 2.24) is 10.2 Å². The SMILES string of the molecule is O=C(O)[C@@H]1CN(C(=O)NC2CCC(C(F)(F)F)CC2)C[C@H]1C(F)(F)F. The number of alkyl halides is 6. The molecule has 0 radical (unpaired) electrons. The molecule has 144 valence electrons. The number of amides is 2. The van der Waals surface area contributed by atoms with Gasteiger partial charge < -0.3 is 15.3 Å². The number of aliphatic carboxylic acids is 1. The molecule has 5 nitrogen and oxygen atoms in total. The highest BCUT2D eigenvalue weighted by Gasteiger charge is 2.53. The van der Waals surface area contributed by atoms with E-state index in [1.54, 1.807) is 0 Å². The zero-order chi connectivity index (χ0) is 19.0. The third-order valence-electron chi connectivity index (χ3n) is 4.86. The Kier molecular flexibility index (Phi) is 5.43. The standard InChI is InChI=1S/C14H18F6N2O3/c15-13(16,17)7-1-3-8(4-2-7)21-12(25)22-5-9(11(23)24)10(6-22)14(18,19)20/h7-10H,1-6H2,(H,21,25)(H,23,24)/t7?,8?,9-,10-/m1/s1. The Bertz CT molecular complexity index is 514. The van der Waals surface area contributed by atoms with Gasteiger partial charge in [-0.15, -0.1) is 0 Å². The van der Waals surface area contributed by atoms with Gasteiger partial charge in [-0.05, 0) is 25.7 Å². The van der Waals surface area contributed by atoms with E-state index in [0.29, 0.717) is 0 Å². The first-order valence-electron chi connectivity index (χ1n) is 7.81. The Labute approximate surface area is 139 Å². The third-order valence-corrected chi connectivity index (χ3v) is 4.86. The summed E-state index contributed by atoms with van der Waals surface area (Å²) in [5.74, 6) is -6.97. The molecule has 0 unspecified atom stereocenters. The summed E-state index contributed by atoms with van der Waals surface area (Å²) < 4.78 is 76.5. The third kappa shape index (κ3) is 4.69. The number of carboxylic acid groups (broad SMARTS) is 1. The molecule has 2 N–H and O–H groups in total. The van der Waals surface area contributed by atoms with Gasteiger partial charge in [0.05, 0.1) is 17.8 Å². The van der Waals surface area contributed by atoms with E-state index in [1.165, 1.54) is 0 Å². The summed E-state index contributed by atoms with van der Waals surface area (Å²) in [4.78, 5) is 23.8. The van der Waals surface area contributed by atoms with Crippen molar-refractivity contribution in [2.45, 2.75) is 44.1 Å². The first-order valence-corrected chi connectivity index (χ1v) is 7.81. The molecule has 0 spiro atoms. The second kappa shape index (κ2) is 6.91. The zero-order valence-corrected chi connectivity index (χ0v) is 13.0. The summed E-state index contributed by atoms with van der Waals surface area (Å²) in [6.07, 6.45) is -9.19. The molecule has 2 amide bonds. The summed E-state index contributed by atoms with van der Waals surface area (Å²) in [6, 6.07) is -1.42. The molecule has 11 heteroatoms. The van der Waals surface area contributed by atoms with Gasteiger partial charge in [0.25, 0.3) is 0 Å². The van der Waals surface area contributed by atoms with Crippen molar-refractivity contribution in [3.8, 4) is 0 Å². The van der Waals surface area contributed by atoms with E-state index >= 15 is 0 Å². The fraction of sp³-hybridized carbons (Fsp3) is 0.857. The van der Waals surface area contributed by atoms with Crippen molar-refractivity contribution < 1.29 is 41.0 Å². The van der Waals surface area contributed by atoms with Gasteiger partial charge in [-0.2, -0.15) is 26.3 Å². The molecule has 1 saturated heterocycles. The zero-order valence-electron chi connectivity index (χ0n) is 13.0. The Hall–Kier alpha value is -1.68. The molecule has 1 aliphatic carbocycles. The largest absolute Gasteiger partial charge is 0.481 e. The van der Waals surface area contributed by atoms with Crippen molar-refractivity contribution in [2.75, 3.05) is 13.1 Å². The van der Waals surface area contributed by atoms with E-state index in [2.05, 4.69) is 5.32 Å². The Balaban J connectivity index is 1.91. The molecule has 0 bridgehead atoms. The molecule has 1 saturated carbocycles. The van der Waals surface area contributed by atoms with Crippen LogP contribution in [0.5, 0.6) is 0 Å². The number of nitrogens with one attached hydrogen (secondary N) is 1. The van der Waals surface area contributed by atoms with Crippen molar-refractivity contribution in [3.05, 3.63) is 0 Å². The molecular weight excluding hydrogens is 358 g/mol. The molecule has 25 heavy (non-hydrogen) atoms. The van der Waals surface area contributed by atoms with Crippen LogP contribution in [-0.2, 0) is 4.79 Å². The highest BCUT2D eigenvalue weighted by Crippen LogP contribution is 2.39. The number of nitrogens with zero attached hydrogens (tertiary/aromatic N) is 1. The second-order valence-electron chi connectivity index (χ2n) is 6.54. The average Bonchev–Trinajstić information content (AvgIpc) is 2.92. The van der Waals surface area contributed by atoms with Gasteiger partial charge in [-0.3, -0.25) is 4.79 Å². The molecule has 1 heterocycles. The first kappa shape index (κ1) is 19.6. The second-order valence-corrected chi connectivity index (χ2v) is 6.54. The number of rotatable bonds is 2. The van der Waals surface area contributed by atoms with Gasteiger partial charge in [0, 0.05) is 19.1 Å². The number of urea groups is 1. The number of halogens is 6. The Morgan fingerprint density at radius 2 is 1.48 bits per heavy atom. The first-order chi connectivity index (χ1) is 11.4. The summed E-state index contributed by atoms with van der Waals surface area (Å²) >= 11 is 0. The van der Waals surface area contributed by atoms with Gasteiger partial charge in [0.15, 0.2) is 0 Å². The average molecular weight is 376 g/mol.